The number of fused-ring (bicyclic) bond motifs is 6. The second-order valence-electron chi connectivity index (χ2n) is 9.04. The molecular weight excluding hydrogens is 383 g/mol. The highest BCUT2D eigenvalue weighted by Gasteiger charge is 2.61. The third-order valence-electron chi connectivity index (χ3n) is 7.21. The molecule has 2 atom stereocenters. The summed E-state index contributed by atoms with van der Waals surface area (Å²) in [6.07, 6.45) is 11.6. The van der Waals surface area contributed by atoms with Gasteiger partial charge in [-0.3, -0.25) is 9.78 Å². The lowest BCUT2D eigenvalue weighted by Gasteiger charge is -2.33. The lowest BCUT2D eigenvalue weighted by atomic mass is 9.82. The van der Waals surface area contributed by atoms with E-state index in [1.54, 1.807) is 24.8 Å². The summed E-state index contributed by atoms with van der Waals surface area (Å²) in [4.78, 5) is 27.8. The zero-order valence-electron chi connectivity index (χ0n) is 16.5. The molecule has 6 rings (SSSR count). The lowest BCUT2D eigenvalue weighted by molar-refractivity contribution is -0.142. The first-order valence-corrected chi connectivity index (χ1v) is 10.5. The summed E-state index contributed by atoms with van der Waals surface area (Å²) in [6, 6.07) is -0.0786. The Morgan fingerprint density at radius 1 is 1.10 bits per heavy atom. The fraction of sp³-hybridized carbons (Fsp3) is 0.478. The highest BCUT2D eigenvalue weighted by Crippen LogP contribution is 2.60. The minimum absolute atomic E-state index is 0.0659. The van der Waals surface area contributed by atoms with Crippen molar-refractivity contribution in [3.05, 3.63) is 47.8 Å². The van der Waals surface area contributed by atoms with Gasteiger partial charge in [0.25, 0.3) is 0 Å². The predicted octanol–water partition coefficient (Wildman–Crippen LogP) is 2.98. The van der Waals surface area contributed by atoms with Gasteiger partial charge in [-0.2, -0.15) is 0 Å². The van der Waals surface area contributed by atoms with Crippen LogP contribution in [-0.2, 0) is 4.79 Å². The largest absolute Gasteiger partial charge is 0.487 e. The number of nitrogens with zero attached hydrogens (tertiary/aromatic N) is 4. The maximum Gasteiger partial charge on any atom is 0.229 e. The fourth-order valence-corrected chi connectivity index (χ4v) is 5.73. The van der Waals surface area contributed by atoms with Gasteiger partial charge in [-0.1, -0.05) is 11.8 Å². The molecule has 30 heavy (non-hydrogen) atoms. The number of hydrogen-bond acceptors (Lipinski definition) is 5. The summed E-state index contributed by atoms with van der Waals surface area (Å²) in [6.45, 7) is 0.540. The molecule has 152 valence electrons. The maximum atomic E-state index is 14.7. The van der Waals surface area contributed by atoms with Crippen LogP contribution >= 0.6 is 0 Å². The van der Waals surface area contributed by atoms with Crippen molar-refractivity contribution in [2.45, 2.75) is 56.3 Å². The number of ether oxygens (including phenoxy) is 1. The number of rotatable bonds is 1. The Labute approximate surface area is 173 Å². The highest BCUT2D eigenvalue weighted by molar-refractivity contribution is 5.85. The normalized spacial score (nSPS) is 32.9. The van der Waals surface area contributed by atoms with Crippen molar-refractivity contribution in [2.75, 3.05) is 6.54 Å². The lowest BCUT2D eigenvalue weighted by Crippen LogP contribution is -2.41. The molecule has 2 aliphatic carbocycles. The van der Waals surface area contributed by atoms with E-state index in [9.17, 15) is 9.18 Å². The smallest absolute Gasteiger partial charge is 0.229 e. The zero-order chi connectivity index (χ0) is 20.3. The summed E-state index contributed by atoms with van der Waals surface area (Å²) in [5.41, 5.74) is 0.645. The van der Waals surface area contributed by atoms with E-state index in [0.717, 1.165) is 12.0 Å². The van der Waals surface area contributed by atoms with E-state index in [4.69, 9.17) is 4.74 Å². The predicted molar refractivity (Wildman–Crippen MR) is 105 cm³/mol. The Morgan fingerprint density at radius 3 is 2.63 bits per heavy atom. The van der Waals surface area contributed by atoms with Crippen LogP contribution in [-0.4, -0.2) is 44.1 Å². The molecule has 0 spiro atoms. The Kier molecular flexibility index (Phi) is 3.71. The molecule has 1 saturated heterocycles. The molecular formula is C23H21FN4O2. The topological polar surface area (TPSA) is 68.2 Å². The van der Waals surface area contributed by atoms with Crippen molar-refractivity contribution in [3.8, 4) is 17.6 Å². The average molecular weight is 404 g/mol. The molecule has 0 unspecified atom stereocenters. The molecule has 2 aromatic heterocycles. The van der Waals surface area contributed by atoms with Crippen LogP contribution < -0.4 is 4.74 Å². The Morgan fingerprint density at radius 2 is 1.90 bits per heavy atom. The number of carbonyl (C=O) groups is 1. The molecule has 0 N–H and O–H groups in total. The monoisotopic (exact) mass is 404 g/mol. The van der Waals surface area contributed by atoms with Crippen molar-refractivity contribution in [3.63, 3.8) is 0 Å². The second kappa shape index (κ2) is 6.24. The molecule has 2 aliphatic heterocycles. The molecule has 2 aromatic rings. The molecule has 4 heterocycles. The third-order valence-corrected chi connectivity index (χ3v) is 7.21. The highest BCUT2D eigenvalue weighted by atomic mass is 19.1. The summed E-state index contributed by atoms with van der Waals surface area (Å²) >= 11 is 0. The van der Waals surface area contributed by atoms with Crippen molar-refractivity contribution in [1.82, 2.24) is 19.9 Å². The molecule has 0 radical (unpaired) electrons. The van der Waals surface area contributed by atoms with Gasteiger partial charge in [0.15, 0.2) is 0 Å². The summed E-state index contributed by atoms with van der Waals surface area (Å²) in [7, 11) is 0. The number of hydrogen-bond donors (Lipinski definition) is 0. The van der Waals surface area contributed by atoms with Crippen LogP contribution in [0.25, 0.3) is 0 Å². The minimum Gasteiger partial charge on any atom is -0.487 e. The number of aromatic nitrogens is 3. The van der Waals surface area contributed by atoms with Gasteiger partial charge >= 0.3 is 0 Å². The van der Waals surface area contributed by atoms with E-state index in [0.29, 0.717) is 55.5 Å². The van der Waals surface area contributed by atoms with Crippen molar-refractivity contribution in [1.29, 1.82) is 0 Å². The first-order chi connectivity index (χ1) is 14.6. The van der Waals surface area contributed by atoms with E-state index in [2.05, 4.69) is 26.8 Å². The number of pyridine rings is 1. The van der Waals surface area contributed by atoms with Gasteiger partial charge in [-0.05, 0) is 32.1 Å². The van der Waals surface area contributed by atoms with Crippen molar-refractivity contribution < 1.29 is 13.9 Å². The van der Waals surface area contributed by atoms with Crippen LogP contribution in [0.15, 0.2) is 31.1 Å². The minimum atomic E-state index is -1.13. The number of carbonyl (C=O) groups excluding carboxylic acids is 1. The number of alkyl halides is 1. The van der Waals surface area contributed by atoms with Gasteiger partial charge in [-0.25, -0.2) is 14.4 Å². The van der Waals surface area contributed by atoms with E-state index in [1.165, 1.54) is 6.33 Å². The van der Waals surface area contributed by atoms with Crippen LogP contribution in [0.4, 0.5) is 4.39 Å². The summed E-state index contributed by atoms with van der Waals surface area (Å²) in [5.74, 6) is 6.97. The molecule has 0 aromatic carbocycles. The quantitative estimate of drug-likeness (QED) is 0.684. The van der Waals surface area contributed by atoms with Crippen molar-refractivity contribution in [2.24, 2.45) is 5.41 Å². The SMILES string of the molecule is O=C(N1C[C@@H]2C[C@H]1c1cncc(C#Cc3cncnc3)c1O2)C12CCC(F)(CC1)C2. The molecule has 4 aliphatic rings. The van der Waals surface area contributed by atoms with Gasteiger partial charge < -0.3 is 9.64 Å². The molecule has 6 nitrogen and oxygen atoms in total. The van der Waals surface area contributed by atoms with Gasteiger partial charge in [0.05, 0.1) is 29.1 Å². The van der Waals surface area contributed by atoms with E-state index < -0.39 is 11.1 Å². The average Bonchev–Trinajstić information content (AvgIpc) is 3.42. The number of amides is 1. The van der Waals surface area contributed by atoms with E-state index in [-0.39, 0.29) is 18.1 Å². The Bertz CT molecular complexity index is 1090. The first kappa shape index (κ1) is 17.8. The van der Waals surface area contributed by atoms with Crippen LogP contribution in [0.3, 0.4) is 0 Å². The number of halogens is 1. The van der Waals surface area contributed by atoms with E-state index in [1.807, 2.05) is 4.90 Å². The molecule has 7 heteroatoms. The molecule has 2 saturated carbocycles. The molecule has 1 amide bonds. The molecule has 4 bridgehead atoms. The van der Waals surface area contributed by atoms with Crippen LogP contribution in [0.5, 0.6) is 5.75 Å². The van der Waals surface area contributed by atoms with Gasteiger partial charge in [0.1, 0.15) is 23.8 Å². The van der Waals surface area contributed by atoms with Gasteiger partial charge in [-0.15, -0.1) is 0 Å². The Hall–Kier alpha value is -3.01. The number of likely N-dealkylation sites (tertiary alicyclic amines) is 1. The standard InChI is InChI=1S/C23H21FN4O2/c24-23-5-3-22(13-23,4-6-23)21(29)28-12-17-7-19(28)18-11-25-10-16(20(18)30-17)2-1-15-8-26-14-27-9-15/h8-11,14,17,19H,3-7,12-13H2/t17-,19-,22?,23?/m0/s1. The summed E-state index contributed by atoms with van der Waals surface area (Å²) in [5, 5.41) is 0. The van der Waals surface area contributed by atoms with Gasteiger partial charge in [0.2, 0.25) is 5.91 Å². The van der Waals surface area contributed by atoms with Crippen LogP contribution in [0, 0.1) is 17.3 Å². The van der Waals surface area contributed by atoms with Crippen molar-refractivity contribution >= 4 is 5.91 Å². The zero-order valence-corrected chi connectivity index (χ0v) is 16.5. The maximum absolute atomic E-state index is 14.7. The summed E-state index contributed by atoms with van der Waals surface area (Å²) < 4.78 is 21.0. The van der Waals surface area contributed by atoms with E-state index >= 15 is 0 Å². The fourth-order valence-electron chi connectivity index (χ4n) is 5.73. The van der Waals surface area contributed by atoms with Crippen LogP contribution in [0.2, 0.25) is 0 Å². The third kappa shape index (κ3) is 2.63. The molecule has 3 fully saturated rings. The Balaban J connectivity index is 1.32. The van der Waals surface area contributed by atoms with Crippen LogP contribution in [0.1, 0.15) is 61.3 Å². The van der Waals surface area contributed by atoms with Gasteiger partial charge in [0, 0.05) is 36.8 Å². The first-order valence-electron chi connectivity index (χ1n) is 10.5. The second-order valence-corrected chi connectivity index (χ2v) is 9.04.